The third-order valence-corrected chi connectivity index (χ3v) is 3.63. The highest BCUT2D eigenvalue weighted by atomic mass is 35.5. The lowest BCUT2D eigenvalue weighted by Crippen LogP contribution is -2.36. The van der Waals surface area contributed by atoms with E-state index in [2.05, 4.69) is 11.9 Å². The maximum Gasteiger partial charge on any atom is 0.333 e. The number of halogens is 1. The van der Waals surface area contributed by atoms with Crippen LogP contribution in [0.25, 0.3) is 0 Å². The van der Waals surface area contributed by atoms with Crippen LogP contribution in [0, 0.1) is 5.92 Å². The van der Waals surface area contributed by atoms with Crippen molar-refractivity contribution in [2.45, 2.75) is 52.5 Å². The fourth-order valence-corrected chi connectivity index (χ4v) is 2.03. The first-order valence-corrected chi connectivity index (χ1v) is 8.23. The highest BCUT2D eigenvalue weighted by Crippen LogP contribution is 2.22. The minimum Gasteiger partial charge on any atom is -0.464 e. The van der Waals surface area contributed by atoms with Gasteiger partial charge in [-0.3, -0.25) is 4.99 Å². The van der Waals surface area contributed by atoms with Crippen LogP contribution in [0.3, 0.4) is 0 Å². The molecule has 1 aromatic rings. The zero-order valence-corrected chi connectivity index (χ0v) is 14.7. The van der Waals surface area contributed by atoms with Crippen LogP contribution < -0.4 is 0 Å². The van der Waals surface area contributed by atoms with E-state index in [1.54, 1.807) is 6.21 Å². The molecule has 0 bridgehead atoms. The van der Waals surface area contributed by atoms with E-state index in [1.807, 2.05) is 45.0 Å². The third-order valence-electron chi connectivity index (χ3n) is 3.37. The predicted molar refractivity (Wildman–Crippen MR) is 92.8 cm³/mol. The summed E-state index contributed by atoms with van der Waals surface area (Å²) in [6, 6.07) is 7.38. The van der Waals surface area contributed by atoms with E-state index < -0.39 is 5.54 Å². The Morgan fingerprint density at radius 3 is 2.55 bits per heavy atom. The number of nitrogens with zero attached hydrogens (tertiary/aromatic N) is 1. The Morgan fingerprint density at radius 2 is 2.00 bits per heavy atom. The summed E-state index contributed by atoms with van der Waals surface area (Å²) in [5.74, 6) is 0.0690. The van der Waals surface area contributed by atoms with Crippen molar-refractivity contribution in [3.63, 3.8) is 0 Å². The second-order valence-corrected chi connectivity index (χ2v) is 6.62. The number of rotatable bonds is 8. The summed E-state index contributed by atoms with van der Waals surface area (Å²) in [6.07, 6.45) is 4.36. The van der Waals surface area contributed by atoms with Crippen molar-refractivity contribution in [2.24, 2.45) is 10.9 Å². The van der Waals surface area contributed by atoms with Gasteiger partial charge in [-0.15, -0.1) is 0 Å². The Bertz CT molecular complexity index is 496. The molecule has 4 heteroatoms. The molecule has 0 amide bonds. The number of esters is 1. The lowest BCUT2D eigenvalue weighted by Gasteiger charge is -2.23. The minimum atomic E-state index is -0.829. The summed E-state index contributed by atoms with van der Waals surface area (Å²) < 4.78 is 5.40. The Labute approximate surface area is 138 Å². The monoisotopic (exact) mass is 323 g/mol. The van der Waals surface area contributed by atoms with Crippen molar-refractivity contribution in [1.29, 1.82) is 0 Å². The third kappa shape index (κ3) is 6.18. The predicted octanol–water partition coefficient (Wildman–Crippen LogP) is 4.91. The van der Waals surface area contributed by atoms with Gasteiger partial charge >= 0.3 is 5.97 Å². The average molecular weight is 324 g/mol. The van der Waals surface area contributed by atoms with E-state index in [9.17, 15) is 4.79 Å². The Kier molecular flexibility index (Phi) is 7.60. The van der Waals surface area contributed by atoms with E-state index in [1.165, 1.54) is 0 Å². The second-order valence-electron chi connectivity index (χ2n) is 6.18. The minimum absolute atomic E-state index is 0.250. The molecular formula is C18H26ClNO2. The molecule has 22 heavy (non-hydrogen) atoms. The summed E-state index contributed by atoms with van der Waals surface area (Å²) in [5, 5.41) is 0.683. The molecule has 0 aliphatic carbocycles. The van der Waals surface area contributed by atoms with Gasteiger partial charge in [-0.1, -0.05) is 57.3 Å². The van der Waals surface area contributed by atoms with Crippen molar-refractivity contribution in [2.75, 3.05) is 6.61 Å². The summed E-state index contributed by atoms with van der Waals surface area (Å²) in [5.41, 5.74) is 0.0913. The van der Waals surface area contributed by atoms with Crippen LogP contribution in [0.5, 0.6) is 0 Å². The van der Waals surface area contributed by atoms with Crippen LogP contribution >= 0.6 is 11.6 Å². The molecule has 0 fully saturated rings. The van der Waals surface area contributed by atoms with Gasteiger partial charge in [-0.25, -0.2) is 4.79 Å². The zero-order chi connectivity index (χ0) is 16.6. The molecule has 1 aromatic carbocycles. The molecular weight excluding hydrogens is 298 g/mol. The quantitative estimate of drug-likeness (QED) is 0.503. The van der Waals surface area contributed by atoms with Gasteiger partial charge < -0.3 is 4.74 Å². The molecule has 122 valence electrons. The number of unbranched alkanes of at least 4 members (excludes halogenated alkanes) is 1. The molecule has 1 atom stereocenters. The van der Waals surface area contributed by atoms with Crippen LogP contribution in [-0.2, 0) is 9.53 Å². The topological polar surface area (TPSA) is 38.7 Å². The van der Waals surface area contributed by atoms with Gasteiger partial charge in [0.1, 0.15) is 0 Å². The summed E-state index contributed by atoms with van der Waals surface area (Å²) >= 11 is 5.87. The summed E-state index contributed by atoms with van der Waals surface area (Å²) in [7, 11) is 0. The largest absolute Gasteiger partial charge is 0.464 e. The second kappa shape index (κ2) is 8.94. The first-order chi connectivity index (χ1) is 10.4. The zero-order valence-electron chi connectivity index (χ0n) is 13.9. The maximum atomic E-state index is 12.4. The summed E-state index contributed by atoms with van der Waals surface area (Å²) in [6.45, 7) is 8.42. The highest BCUT2D eigenvalue weighted by molar-refractivity contribution is 6.30. The molecule has 0 unspecified atom stereocenters. The van der Waals surface area contributed by atoms with E-state index in [4.69, 9.17) is 16.3 Å². The Hall–Kier alpha value is -1.35. The smallest absolute Gasteiger partial charge is 0.333 e. The highest BCUT2D eigenvalue weighted by Gasteiger charge is 2.33. The lowest BCUT2D eigenvalue weighted by molar-refractivity contribution is -0.150. The van der Waals surface area contributed by atoms with Gasteiger partial charge in [-0.2, -0.15) is 0 Å². The molecule has 0 saturated carbocycles. The average Bonchev–Trinajstić information content (AvgIpc) is 2.50. The van der Waals surface area contributed by atoms with Gasteiger partial charge in [0.25, 0.3) is 0 Å². The number of carbonyl (C=O) groups excluding carboxylic acids is 1. The van der Waals surface area contributed by atoms with Gasteiger partial charge in [0.05, 0.1) is 6.61 Å². The van der Waals surface area contributed by atoms with Crippen LogP contribution in [0.2, 0.25) is 5.02 Å². The number of hydrogen-bond acceptors (Lipinski definition) is 3. The molecule has 0 aliphatic rings. The van der Waals surface area contributed by atoms with Crippen molar-refractivity contribution < 1.29 is 9.53 Å². The molecule has 0 saturated heterocycles. The molecule has 0 spiro atoms. The van der Waals surface area contributed by atoms with Gasteiger partial charge in [0, 0.05) is 11.2 Å². The van der Waals surface area contributed by atoms with Crippen LogP contribution in [0.1, 0.15) is 52.5 Å². The van der Waals surface area contributed by atoms with Gasteiger partial charge in [-0.05, 0) is 37.0 Å². The molecule has 0 heterocycles. The van der Waals surface area contributed by atoms with Crippen molar-refractivity contribution in [1.82, 2.24) is 0 Å². The van der Waals surface area contributed by atoms with Crippen molar-refractivity contribution in [3.05, 3.63) is 34.9 Å². The Balaban J connectivity index is 2.85. The normalized spacial score (nSPS) is 14.3. The SMILES string of the molecule is CCCC[C@@](C)(N=Cc1ccc(Cl)cc1)C(=O)OCC(C)C. The Morgan fingerprint density at radius 1 is 1.36 bits per heavy atom. The molecule has 0 aliphatic heterocycles. The number of ether oxygens (including phenoxy) is 1. The van der Waals surface area contributed by atoms with E-state index in [0.717, 1.165) is 18.4 Å². The number of benzene rings is 1. The maximum absolute atomic E-state index is 12.4. The van der Waals surface area contributed by atoms with Crippen molar-refractivity contribution in [3.8, 4) is 0 Å². The molecule has 0 radical (unpaired) electrons. The molecule has 0 N–H and O–H groups in total. The van der Waals surface area contributed by atoms with E-state index in [0.29, 0.717) is 24.0 Å². The number of aliphatic imine (C=N–C) groups is 1. The fourth-order valence-electron chi connectivity index (χ4n) is 1.90. The molecule has 3 nitrogen and oxygen atoms in total. The lowest BCUT2D eigenvalue weighted by atomic mass is 9.95. The summed E-state index contributed by atoms with van der Waals surface area (Å²) in [4.78, 5) is 16.9. The first-order valence-electron chi connectivity index (χ1n) is 7.85. The van der Waals surface area contributed by atoms with Gasteiger partial charge in [0.15, 0.2) is 5.54 Å². The standard InChI is InChI=1S/C18H26ClNO2/c1-5-6-11-18(4,17(21)22-13-14(2)3)20-12-15-7-9-16(19)10-8-15/h7-10,12,14H,5-6,11,13H2,1-4H3/t18-/m1/s1. The van der Waals surface area contributed by atoms with E-state index >= 15 is 0 Å². The van der Waals surface area contributed by atoms with Crippen molar-refractivity contribution >= 4 is 23.8 Å². The number of carbonyl (C=O) groups is 1. The number of hydrogen-bond donors (Lipinski definition) is 0. The van der Waals surface area contributed by atoms with Crippen LogP contribution in [0.4, 0.5) is 0 Å². The first kappa shape index (κ1) is 18.7. The van der Waals surface area contributed by atoms with Crippen LogP contribution in [-0.4, -0.2) is 24.3 Å². The van der Waals surface area contributed by atoms with E-state index in [-0.39, 0.29) is 5.97 Å². The van der Waals surface area contributed by atoms with Gasteiger partial charge in [0.2, 0.25) is 0 Å². The fraction of sp³-hybridized carbons (Fsp3) is 0.556. The molecule has 1 rings (SSSR count). The molecule has 0 aromatic heterocycles. The van der Waals surface area contributed by atoms with Crippen LogP contribution in [0.15, 0.2) is 29.3 Å².